The number of carbonyl (C=O) groups is 1. The van der Waals surface area contributed by atoms with Crippen molar-refractivity contribution in [3.63, 3.8) is 0 Å². The molecule has 1 heterocycles. The Bertz CT molecular complexity index is 513. The lowest BCUT2D eigenvalue weighted by Gasteiger charge is -2.29. The standard InChI is InChI=1S/C17H29N3O/c1-11(2)17(6,7)10-19-15(21)12-8-13(16(3,4)5)20-14(18)9-12/h8-9,11H,10H2,1-7H3,(H2,18,20)(H,19,21). The van der Waals surface area contributed by atoms with Crippen LogP contribution in [0.25, 0.3) is 0 Å². The highest BCUT2D eigenvalue weighted by atomic mass is 16.1. The van der Waals surface area contributed by atoms with Crippen molar-refractivity contribution in [3.05, 3.63) is 23.4 Å². The van der Waals surface area contributed by atoms with Crippen molar-refractivity contribution in [1.29, 1.82) is 0 Å². The molecule has 0 bridgehead atoms. The lowest BCUT2D eigenvalue weighted by atomic mass is 9.81. The van der Waals surface area contributed by atoms with E-state index in [2.05, 4.69) is 58.8 Å². The Balaban J connectivity index is 2.91. The monoisotopic (exact) mass is 291 g/mol. The Morgan fingerprint density at radius 2 is 1.81 bits per heavy atom. The lowest BCUT2D eigenvalue weighted by molar-refractivity contribution is 0.0924. The molecule has 0 unspecified atom stereocenters. The van der Waals surface area contributed by atoms with Crippen molar-refractivity contribution < 1.29 is 4.79 Å². The number of aromatic nitrogens is 1. The molecule has 0 aliphatic heterocycles. The first kappa shape index (κ1) is 17.5. The molecule has 0 atom stereocenters. The molecule has 1 aromatic heterocycles. The highest BCUT2D eigenvalue weighted by molar-refractivity contribution is 5.95. The third-order valence-corrected chi connectivity index (χ3v) is 4.14. The quantitative estimate of drug-likeness (QED) is 0.893. The van der Waals surface area contributed by atoms with E-state index in [1.54, 1.807) is 6.07 Å². The number of nitrogens with two attached hydrogens (primary N) is 1. The number of amides is 1. The summed E-state index contributed by atoms with van der Waals surface area (Å²) in [5.41, 5.74) is 7.16. The minimum atomic E-state index is -0.137. The van der Waals surface area contributed by atoms with Crippen LogP contribution in [0.3, 0.4) is 0 Å². The molecule has 0 radical (unpaired) electrons. The highest BCUT2D eigenvalue weighted by Crippen LogP contribution is 2.25. The van der Waals surface area contributed by atoms with Gasteiger partial charge in [-0.3, -0.25) is 4.79 Å². The number of anilines is 1. The fourth-order valence-corrected chi connectivity index (χ4v) is 1.68. The van der Waals surface area contributed by atoms with Gasteiger partial charge in [0.05, 0.1) is 0 Å². The van der Waals surface area contributed by atoms with Gasteiger partial charge in [-0.1, -0.05) is 48.5 Å². The Kier molecular flexibility index (Phi) is 5.03. The number of carbonyl (C=O) groups excluding carboxylic acids is 1. The second-order valence-corrected chi connectivity index (χ2v) is 7.74. The number of rotatable bonds is 4. The second-order valence-electron chi connectivity index (χ2n) is 7.74. The van der Waals surface area contributed by atoms with E-state index in [1.165, 1.54) is 0 Å². The second kappa shape index (κ2) is 6.04. The van der Waals surface area contributed by atoms with Gasteiger partial charge in [-0.05, 0) is 23.5 Å². The molecule has 0 spiro atoms. The maximum atomic E-state index is 12.4. The van der Waals surface area contributed by atoms with E-state index in [0.717, 1.165) is 5.69 Å². The average molecular weight is 291 g/mol. The number of hydrogen-bond donors (Lipinski definition) is 2. The van der Waals surface area contributed by atoms with Crippen molar-refractivity contribution in [2.45, 2.75) is 53.9 Å². The molecular weight excluding hydrogens is 262 g/mol. The van der Waals surface area contributed by atoms with E-state index < -0.39 is 0 Å². The van der Waals surface area contributed by atoms with Crippen LogP contribution < -0.4 is 11.1 Å². The highest BCUT2D eigenvalue weighted by Gasteiger charge is 2.24. The molecule has 4 nitrogen and oxygen atoms in total. The number of pyridine rings is 1. The van der Waals surface area contributed by atoms with Gasteiger partial charge in [-0.15, -0.1) is 0 Å². The van der Waals surface area contributed by atoms with Crippen molar-refractivity contribution in [3.8, 4) is 0 Å². The van der Waals surface area contributed by atoms with Gasteiger partial charge in [-0.2, -0.15) is 0 Å². The third kappa shape index (κ3) is 4.73. The van der Waals surface area contributed by atoms with Crippen LogP contribution in [0.5, 0.6) is 0 Å². The first-order valence-electron chi connectivity index (χ1n) is 7.50. The van der Waals surface area contributed by atoms with E-state index in [1.807, 2.05) is 6.07 Å². The van der Waals surface area contributed by atoms with Crippen LogP contribution in [0.1, 0.15) is 64.5 Å². The van der Waals surface area contributed by atoms with Crippen LogP contribution in [0.2, 0.25) is 0 Å². The molecule has 0 saturated carbocycles. The normalized spacial score (nSPS) is 12.6. The van der Waals surface area contributed by atoms with E-state index in [9.17, 15) is 4.79 Å². The van der Waals surface area contributed by atoms with Crippen LogP contribution in [0.15, 0.2) is 12.1 Å². The van der Waals surface area contributed by atoms with E-state index >= 15 is 0 Å². The molecule has 118 valence electrons. The van der Waals surface area contributed by atoms with E-state index in [4.69, 9.17) is 5.73 Å². The van der Waals surface area contributed by atoms with E-state index in [0.29, 0.717) is 23.8 Å². The van der Waals surface area contributed by atoms with Crippen molar-refractivity contribution >= 4 is 11.7 Å². The number of nitrogen functional groups attached to an aromatic ring is 1. The molecule has 21 heavy (non-hydrogen) atoms. The van der Waals surface area contributed by atoms with Crippen LogP contribution in [0, 0.1) is 11.3 Å². The molecule has 4 heteroatoms. The summed E-state index contributed by atoms with van der Waals surface area (Å²) in [5.74, 6) is 0.782. The molecule has 0 aliphatic rings. The summed E-state index contributed by atoms with van der Waals surface area (Å²) in [7, 11) is 0. The van der Waals surface area contributed by atoms with Crippen molar-refractivity contribution in [2.75, 3.05) is 12.3 Å². The van der Waals surface area contributed by atoms with Gasteiger partial charge in [-0.25, -0.2) is 4.98 Å². The van der Waals surface area contributed by atoms with Gasteiger partial charge < -0.3 is 11.1 Å². The Hall–Kier alpha value is -1.58. The first-order chi connectivity index (χ1) is 9.43. The van der Waals surface area contributed by atoms with E-state index in [-0.39, 0.29) is 16.7 Å². The lowest BCUT2D eigenvalue weighted by Crippen LogP contribution is -2.37. The van der Waals surface area contributed by atoms with Crippen LogP contribution >= 0.6 is 0 Å². The molecular formula is C17H29N3O. The summed E-state index contributed by atoms with van der Waals surface area (Å²) < 4.78 is 0. The zero-order valence-corrected chi connectivity index (χ0v) is 14.4. The van der Waals surface area contributed by atoms with Crippen LogP contribution in [0.4, 0.5) is 5.82 Å². The van der Waals surface area contributed by atoms with Gasteiger partial charge in [0, 0.05) is 23.2 Å². The molecule has 0 saturated heterocycles. The topological polar surface area (TPSA) is 68.0 Å². The summed E-state index contributed by atoms with van der Waals surface area (Å²) in [6, 6.07) is 3.46. The minimum absolute atomic E-state index is 0.0566. The summed E-state index contributed by atoms with van der Waals surface area (Å²) >= 11 is 0. The predicted octanol–water partition coefficient (Wildman–Crippen LogP) is 3.37. The average Bonchev–Trinajstić information content (AvgIpc) is 2.34. The fraction of sp³-hybridized carbons (Fsp3) is 0.647. The summed E-state index contributed by atoms with van der Waals surface area (Å²) in [4.78, 5) is 16.7. The summed E-state index contributed by atoms with van der Waals surface area (Å²) in [6.07, 6.45) is 0. The van der Waals surface area contributed by atoms with Crippen molar-refractivity contribution in [1.82, 2.24) is 10.3 Å². The fourth-order valence-electron chi connectivity index (χ4n) is 1.68. The van der Waals surface area contributed by atoms with Gasteiger partial charge in [0.25, 0.3) is 5.91 Å². The molecule has 0 fully saturated rings. The summed E-state index contributed by atoms with van der Waals surface area (Å²) in [6.45, 7) is 15.4. The van der Waals surface area contributed by atoms with Gasteiger partial charge in [0.2, 0.25) is 0 Å². The predicted molar refractivity (Wildman–Crippen MR) is 88.3 cm³/mol. The maximum Gasteiger partial charge on any atom is 0.251 e. The largest absolute Gasteiger partial charge is 0.384 e. The summed E-state index contributed by atoms with van der Waals surface area (Å²) in [5, 5.41) is 3.00. The number of nitrogens with zero attached hydrogens (tertiary/aromatic N) is 1. The Morgan fingerprint density at radius 1 is 1.24 bits per heavy atom. The molecule has 0 aromatic carbocycles. The van der Waals surface area contributed by atoms with Crippen molar-refractivity contribution in [2.24, 2.45) is 11.3 Å². The third-order valence-electron chi connectivity index (χ3n) is 4.14. The zero-order valence-electron chi connectivity index (χ0n) is 14.4. The maximum absolute atomic E-state index is 12.4. The molecule has 0 aliphatic carbocycles. The first-order valence-corrected chi connectivity index (χ1v) is 7.50. The zero-order chi connectivity index (χ0) is 16.4. The van der Waals surface area contributed by atoms with Crippen LogP contribution in [-0.2, 0) is 5.41 Å². The molecule has 1 amide bonds. The number of nitrogens with one attached hydrogen (secondary N) is 1. The molecule has 3 N–H and O–H groups in total. The van der Waals surface area contributed by atoms with Gasteiger partial charge in [0.15, 0.2) is 0 Å². The minimum Gasteiger partial charge on any atom is -0.384 e. The smallest absolute Gasteiger partial charge is 0.251 e. The Morgan fingerprint density at radius 3 is 2.29 bits per heavy atom. The van der Waals surface area contributed by atoms with Gasteiger partial charge in [0.1, 0.15) is 5.82 Å². The Labute approximate surface area is 128 Å². The van der Waals surface area contributed by atoms with Gasteiger partial charge >= 0.3 is 0 Å². The number of hydrogen-bond acceptors (Lipinski definition) is 3. The SMILES string of the molecule is CC(C)C(C)(C)CNC(=O)c1cc(N)nc(C(C)(C)C)c1. The molecule has 1 aromatic rings. The molecule has 1 rings (SSSR count). The van der Waals surface area contributed by atoms with Crippen LogP contribution in [-0.4, -0.2) is 17.4 Å².